The first-order valence-corrected chi connectivity index (χ1v) is 6.58. The number of hydrogen-bond acceptors (Lipinski definition) is 2. The van der Waals surface area contributed by atoms with Crippen molar-refractivity contribution >= 4 is 27.5 Å². The zero-order chi connectivity index (χ0) is 13.0. The number of halogens is 1. The summed E-state index contributed by atoms with van der Waals surface area (Å²) in [6.45, 7) is 7.67. The molecule has 2 N–H and O–H groups in total. The second-order valence-corrected chi connectivity index (χ2v) is 5.43. The molecular formula is C13H19BrN2O. The Morgan fingerprint density at radius 3 is 2.53 bits per heavy atom. The van der Waals surface area contributed by atoms with Gasteiger partial charge in [0.25, 0.3) is 5.91 Å². The van der Waals surface area contributed by atoms with Gasteiger partial charge in [-0.3, -0.25) is 4.79 Å². The van der Waals surface area contributed by atoms with E-state index < -0.39 is 0 Å². The molecule has 0 aliphatic rings. The van der Waals surface area contributed by atoms with Crippen LogP contribution in [0.1, 0.15) is 31.1 Å². The molecule has 0 aromatic heterocycles. The Hall–Kier alpha value is -1.03. The zero-order valence-electron chi connectivity index (χ0n) is 10.5. The zero-order valence-corrected chi connectivity index (χ0v) is 12.1. The maximum absolute atomic E-state index is 12.3. The molecule has 1 aromatic rings. The summed E-state index contributed by atoms with van der Waals surface area (Å²) in [5.74, 6) is 0.498. The van der Waals surface area contributed by atoms with Crippen molar-refractivity contribution < 1.29 is 4.79 Å². The molecule has 0 spiro atoms. The van der Waals surface area contributed by atoms with Crippen molar-refractivity contribution in [2.75, 3.05) is 18.8 Å². The number of amides is 1. The number of rotatable bonds is 4. The molecule has 0 radical (unpaired) electrons. The molecule has 0 atom stereocenters. The Labute approximate surface area is 111 Å². The van der Waals surface area contributed by atoms with Gasteiger partial charge in [0.05, 0.1) is 0 Å². The molecule has 1 rings (SSSR count). The number of anilines is 1. The molecule has 3 nitrogen and oxygen atoms in total. The average molecular weight is 299 g/mol. The van der Waals surface area contributed by atoms with E-state index >= 15 is 0 Å². The minimum Gasteiger partial charge on any atom is -0.399 e. The molecule has 0 aliphatic carbocycles. The summed E-state index contributed by atoms with van der Waals surface area (Å²) < 4.78 is 0.835. The highest BCUT2D eigenvalue weighted by Gasteiger charge is 2.15. The van der Waals surface area contributed by atoms with Crippen molar-refractivity contribution in [1.82, 2.24) is 4.90 Å². The van der Waals surface area contributed by atoms with Crippen LogP contribution < -0.4 is 5.73 Å². The molecule has 0 fully saturated rings. The van der Waals surface area contributed by atoms with Crippen LogP contribution in [0.15, 0.2) is 22.7 Å². The third kappa shape index (κ3) is 4.04. The van der Waals surface area contributed by atoms with E-state index in [0.717, 1.165) is 11.0 Å². The van der Waals surface area contributed by atoms with Crippen LogP contribution in [0.4, 0.5) is 5.69 Å². The maximum Gasteiger partial charge on any atom is 0.253 e. The molecule has 0 saturated carbocycles. The predicted molar refractivity (Wildman–Crippen MR) is 75.0 cm³/mol. The van der Waals surface area contributed by atoms with E-state index in [1.165, 1.54) is 0 Å². The molecule has 0 bridgehead atoms. The average Bonchev–Trinajstić information content (AvgIpc) is 2.23. The normalized spacial score (nSPS) is 10.6. The van der Waals surface area contributed by atoms with Gasteiger partial charge in [-0.1, -0.05) is 29.8 Å². The van der Waals surface area contributed by atoms with Crippen molar-refractivity contribution in [3.8, 4) is 0 Å². The standard InChI is InChI=1S/C13H19BrN2O/c1-4-16(8-9(2)3)13(17)10-5-11(14)7-12(15)6-10/h5-7,9H,4,8,15H2,1-3H3. The molecule has 4 heteroatoms. The van der Waals surface area contributed by atoms with Crippen LogP contribution in [-0.4, -0.2) is 23.9 Å². The SMILES string of the molecule is CCN(CC(C)C)C(=O)c1cc(N)cc(Br)c1. The maximum atomic E-state index is 12.3. The number of nitrogens with zero attached hydrogens (tertiary/aromatic N) is 1. The van der Waals surface area contributed by atoms with Crippen LogP contribution in [0.2, 0.25) is 0 Å². The van der Waals surface area contributed by atoms with Crippen LogP contribution in [-0.2, 0) is 0 Å². The van der Waals surface area contributed by atoms with E-state index in [4.69, 9.17) is 5.73 Å². The topological polar surface area (TPSA) is 46.3 Å². The first-order valence-electron chi connectivity index (χ1n) is 5.79. The summed E-state index contributed by atoms with van der Waals surface area (Å²) in [6.07, 6.45) is 0. The molecule has 17 heavy (non-hydrogen) atoms. The van der Waals surface area contributed by atoms with Crippen LogP contribution >= 0.6 is 15.9 Å². The van der Waals surface area contributed by atoms with Gasteiger partial charge in [-0.25, -0.2) is 0 Å². The summed E-state index contributed by atoms with van der Waals surface area (Å²) in [6, 6.07) is 5.31. The van der Waals surface area contributed by atoms with Crippen LogP contribution in [0.25, 0.3) is 0 Å². The fraction of sp³-hybridized carbons (Fsp3) is 0.462. The van der Waals surface area contributed by atoms with Gasteiger partial charge >= 0.3 is 0 Å². The van der Waals surface area contributed by atoms with Crippen molar-refractivity contribution in [3.05, 3.63) is 28.2 Å². The molecule has 94 valence electrons. The third-order valence-electron chi connectivity index (χ3n) is 2.42. The highest BCUT2D eigenvalue weighted by atomic mass is 79.9. The lowest BCUT2D eigenvalue weighted by Gasteiger charge is -2.23. The van der Waals surface area contributed by atoms with Crippen molar-refractivity contribution in [1.29, 1.82) is 0 Å². The van der Waals surface area contributed by atoms with E-state index in [2.05, 4.69) is 29.8 Å². The lowest BCUT2D eigenvalue weighted by Crippen LogP contribution is -2.34. The van der Waals surface area contributed by atoms with Gasteiger partial charge in [-0.15, -0.1) is 0 Å². The van der Waals surface area contributed by atoms with Gasteiger partial charge in [-0.2, -0.15) is 0 Å². The number of hydrogen-bond donors (Lipinski definition) is 1. The van der Waals surface area contributed by atoms with Crippen LogP contribution in [0.5, 0.6) is 0 Å². The second-order valence-electron chi connectivity index (χ2n) is 4.51. The molecule has 1 amide bonds. The van der Waals surface area contributed by atoms with E-state index in [1.807, 2.05) is 17.9 Å². The molecule has 0 heterocycles. The largest absolute Gasteiger partial charge is 0.399 e. The highest BCUT2D eigenvalue weighted by molar-refractivity contribution is 9.10. The quantitative estimate of drug-likeness (QED) is 0.868. The lowest BCUT2D eigenvalue weighted by atomic mass is 10.1. The third-order valence-corrected chi connectivity index (χ3v) is 2.88. The fourth-order valence-corrected chi connectivity index (χ4v) is 2.23. The van der Waals surface area contributed by atoms with E-state index in [1.54, 1.807) is 12.1 Å². The number of nitrogens with two attached hydrogens (primary N) is 1. The van der Waals surface area contributed by atoms with E-state index in [9.17, 15) is 4.79 Å². The summed E-state index contributed by atoms with van der Waals surface area (Å²) in [5, 5.41) is 0. The minimum absolute atomic E-state index is 0.0363. The van der Waals surface area contributed by atoms with Crippen LogP contribution in [0, 0.1) is 5.92 Å². The number of carbonyl (C=O) groups is 1. The van der Waals surface area contributed by atoms with Crippen molar-refractivity contribution in [2.24, 2.45) is 5.92 Å². The lowest BCUT2D eigenvalue weighted by molar-refractivity contribution is 0.0746. The Morgan fingerprint density at radius 1 is 1.41 bits per heavy atom. The summed E-state index contributed by atoms with van der Waals surface area (Å²) >= 11 is 3.35. The Kier molecular flexibility index (Phi) is 5.00. The molecule has 0 saturated heterocycles. The first-order chi connectivity index (χ1) is 7.93. The summed E-state index contributed by atoms with van der Waals surface area (Å²) in [5.41, 5.74) is 6.98. The Morgan fingerprint density at radius 2 is 2.06 bits per heavy atom. The summed E-state index contributed by atoms with van der Waals surface area (Å²) in [7, 11) is 0. The van der Waals surface area contributed by atoms with Crippen LogP contribution in [0.3, 0.4) is 0 Å². The summed E-state index contributed by atoms with van der Waals surface area (Å²) in [4.78, 5) is 14.1. The van der Waals surface area contributed by atoms with Gasteiger partial charge in [0.1, 0.15) is 0 Å². The Bertz CT molecular complexity index is 384. The highest BCUT2D eigenvalue weighted by Crippen LogP contribution is 2.19. The molecule has 1 aromatic carbocycles. The van der Waals surface area contributed by atoms with Gasteiger partial charge < -0.3 is 10.6 Å². The number of carbonyl (C=O) groups excluding carboxylic acids is 1. The smallest absolute Gasteiger partial charge is 0.253 e. The van der Waals surface area contributed by atoms with Crippen molar-refractivity contribution in [2.45, 2.75) is 20.8 Å². The van der Waals surface area contributed by atoms with Gasteiger partial charge in [0.15, 0.2) is 0 Å². The van der Waals surface area contributed by atoms with Gasteiger partial charge in [0.2, 0.25) is 0 Å². The molecular weight excluding hydrogens is 280 g/mol. The predicted octanol–water partition coefficient (Wildman–Crippen LogP) is 3.15. The fourth-order valence-electron chi connectivity index (χ4n) is 1.71. The Balaban J connectivity index is 2.93. The monoisotopic (exact) mass is 298 g/mol. The second kappa shape index (κ2) is 6.05. The van der Waals surface area contributed by atoms with Gasteiger partial charge in [0, 0.05) is 28.8 Å². The van der Waals surface area contributed by atoms with Gasteiger partial charge in [-0.05, 0) is 31.0 Å². The number of benzene rings is 1. The molecule has 0 aliphatic heterocycles. The molecule has 0 unspecified atom stereocenters. The van der Waals surface area contributed by atoms with E-state index in [0.29, 0.717) is 23.7 Å². The number of nitrogen functional groups attached to an aromatic ring is 1. The van der Waals surface area contributed by atoms with Crippen molar-refractivity contribution in [3.63, 3.8) is 0 Å². The van der Waals surface area contributed by atoms with E-state index in [-0.39, 0.29) is 5.91 Å². The minimum atomic E-state index is 0.0363. The first kappa shape index (κ1) is 14.0.